The standard InChI is InChI=1S/C18H24N4O3.ClH/c1-18(2)11-21(9-7-14(18)19)15(23)8-10-22-13-6-4-3-5-12(13)16(24)20-17(22)25;/h3-6,14H,7-11,19H2,1-2H3,(H,20,24,25);1H. The predicted octanol–water partition coefficient (Wildman–Crippen LogP) is 1.09. The van der Waals surface area contributed by atoms with Gasteiger partial charge in [-0.1, -0.05) is 26.0 Å². The SMILES string of the molecule is CC1(C)CN(C(=O)CCn2c(=O)[nH]c(=O)c3ccccc32)CCC1N.Cl. The van der Waals surface area contributed by atoms with Gasteiger partial charge in [0.25, 0.3) is 5.56 Å². The Morgan fingerprint density at radius 1 is 1.31 bits per heavy atom. The number of likely N-dealkylation sites (tertiary alicyclic amines) is 1. The fourth-order valence-electron chi connectivity index (χ4n) is 3.42. The van der Waals surface area contributed by atoms with Crippen LogP contribution in [-0.2, 0) is 11.3 Å². The number of hydrogen-bond donors (Lipinski definition) is 2. The van der Waals surface area contributed by atoms with E-state index in [9.17, 15) is 14.4 Å². The van der Waals surface area contributed by atoms with E-state index in [0.717, 1.165) is 6.42 Å². The molecule has 26 heavy (non-hydrogen) atoms. The van der Waals surface area contributed by atoms with Crippen molar-refractivity contribution in [2.75, 3.05) is 13.1 Å². The zero-order valence-electron chi connectivity index (χ0n) is 15.0. The highest BCUT2D eigenvalue weighted by molar-refractivity contribution is 5.85. The summed E-state index contributed by atoms with van der Waals surface area (Å²) in [5.74, 6) is 0.00200. The van der Waals surface area contributed by atoms with Crippen LogP contribution in [-0.4, -0.2) is 39.5 Å². The molecule has 142 valence electrons. The van der Waals surface area contributed by atoms with Gasteiger partial charge >= 0.3 is 5.69 Å². The molecule has 1 saturated heterocycles. The lowest BCUT2D eigenvalue weighted by atomic mass is 9.79. The molecule has 1 aliphatic rings. The Balaban J connectivity index is 0.00000243. The van der Waals surface area contributed by atoms with E-state index in [4.69, 9.17) is 5.73 Å². The fourth-order valence-corrected chi connectivity index (χ4v) is 3.42. The third kappa shape index (κ3) is 3.83. The van der Waals surface area contributed by atoms with E-state index in [2.05, 4.69) is 18.8 Å². The lowest BCUT2D eigenvalue weighted by Gasteiger charge is -2.42. The van der Waals surface area contributed by atoms with Crippen LogP contribution in [0.1, 0.15) is 26.7 Å². The molecule has 0 radical (unpaired) electrons. The van der Waals surface area contributed by atoms with Crippen LogP contribution in [0.5, 0.6) is 0 Å². The van der Waals surface area contributed by atoms with Crippen molar-refractivity contribution in [3.05, 3.63) is 45.1 Å². The van der Waals surface area contributed by atoms with Gasteiger partial charge in [-0.15, -0.1) is 12.4 Å². The molecule has 2 aromatic rings. The largest absolute Gasteiger partial charge is 0.342 e. The normalized spacial score (nSPS) is 19.2. The Bertz CT molecular complexity index is 919. The molecule has 1 aromatic heterocycles. The minimum absolute atomic E-state index is 0. The quantitative estimate of drug-likeness (QED) is 0.832. The van der Waals surface area contributed by atoms with Crippen molar-refractivity contribution in [3.8, 4) is 0 Å². The van der Waals surface area contributed by atoms with Crippen LogP contribution in [0.4, 0.5) is 0 Å². The summed E-state index contributed by atoms with van der Waals surface area (Å²) in [5.41, 5.74) is 5.65. The summed E-state index contributed by atoms with van der Waals surface area (Å²) >= 11 is 0. The lowest BCUT2D eigenvalue weighted by molar-refractivity contribution is -0.134. The summed E-state index contributed by atoms with van der Waals surface area (Å²) in [6.07, 6.45) is 0.988. The van der Waals surface area contributed by atoms with Crippen molar-refractivity contribution < 1.29 is 4.79 Å². The first-order chi connectivity index (χ1) is 11.8. The summed E-state index contributed by atoms with van der Waals surface area (Å²) < 4.78 is 1.45. The first-order valence-electron chi connectivity index (χ1n) is 8.55. The van der Waals surface area contributed by atoms with E-state index < -0.39 is 11.2 Å². The van der Waals surface area contributed by atoms with Gasteiger partial charge in [0.15, 0.2) is 0 Å². The van der Waals surface area contributed by atoms with Crippen molar-refractivity contribution in [2.24, 2.45) is 11.1 Å². The maximum Gasteiger partial charge on any atom is 0.328 e. The number of nitrogens with zero attached hydrogens (tertiary/aromatic N) is 2. The number of nitrogens with two attached hydrogens (primary N) is 1. The highest BCUT2D eigenvalue weighted by atomic mass is 35.5. The molecular formula is C18H25ClN4O3. The Kier molecular flexibility index (Phi) is 5.93. The number of rotatable bonds is 3. The molecule has 1 fully saturated rings. The van der Waals surface area contributed by atoms with E-state index in [1.165, 1.54) is 4.57 Å². The van der Waals surface area contributed by atoms with E-state index in [0.29, 0.717) is 24.0 Å². The number of nitrogens with one attached hydrogen (secondary N) is 1. The second kappa shape index (κ2) is 7.63. The number of fused-ring (bicyclic) bond motifs is 1. The average molecular weight is 381 g/mol. The molecule has 0 saturated carbocycles. The minimum Gasteiger partial charge on any atom is -0.342 e. The first kappa shape index (κ1) is 20.2. The number of piperidine rings is 1. The zero-order chi connectivity index (χ0) is 18.2. The van der Waals surface area contributed by atoms with Gasteiger partial charge in [-0.05, 0) is 24.0 Å². The zero-order valence-corrected chi connectivity index (χ0v) is 15.8. The van der Waals surface area contributed by atoms with Crippen LogP contribution < -0.4 is 17.0 Å². The molecule has 0 spiro atoms. The number of aryl methyl sites for hydroxylation is 1. The number of carbonyl (C=O) groups excluding carboxylic acids is 1. The Morgan fingerprint density at radius 2 is 2.00 bits per heavy atom. The molecule has 0 bridgehead atoms. The second-order valence-corrected chi connectivity index (χ2v) is 7.38. The monoisotopic (exact) mass is 380 g/mol. The highest BCUT2D eigenvalue weighted by Gasteiger charge is 2.35. The molecule has 1 unspecified atom stereocenters. The number of benzene rings is 1. The minimum atomic E-state index is -0.488. The van der Waals surface area contributed by atoms with Gasteiger partial charge in [-0.25, -0.2) is 4.79 Å². The lowest BCUT2D eigenvalue weighted by Crippen LogP contribution is -2.54. The van der Waals surface area contributed by atoms with Crippen molar-refractivity contribution in [1.82, 2.24) is 14.5 Å². The average Bonchev–Trinajstić information content (AvgIpc) is 2.57. The van der Waals surface area contributed by atoms with E-state index >= 15 is 0 Å². The van der Waals surface area contributed by atoms with Gasteiger partial charge in [0.2, 0.25) is 5.91 Å². The Labute approximate surface area is 157 Å². The molecule has 1 aromatic carbocycles. The Hall–Kier alpha value is -2.12. The topological polar surface area (TPSA) is 101 Å². The second-order valence-electron chi connectivity index (χ2n) is 7.38. The van der Waals surface area contributed by atoms with Crippen LogP contribution in [0.2, 0.25) is 0 Å². The molecule has 2 heterocycles. The third-order valence-corrected chi connectivity index (χ3v) is 5.12. The predicted molar refractivity (Wildman–Crippen MR) is 104 cm³/mol. The number of carbonyl (C=O) groups is 1. The van der Waals surface area contributed by atoms with Gasteiger partial charge in [0, 0.05) is 32.1 Å². The highest BCUT2D eigenvalue weighted by Crippen LogP contribution is 2.28. The van der Waals surface area contributed by atoms with Crippen molar-refractivity contribution >= 4 is 29.2 Å². The van der Waals surface area contributed by atoms with Crippen molar-refractivity contribution in [3.63, 3.8) is 0 Å². The number of hydrogen-bond acceptors (Lipinski definition) is 4. The number of aromatic nitrogens is 2. The van der Waals surface area contributed by atoms with Gasteiger partial charge in [0.05, 0.1) is 10.9 Å². The number of aromatic amines is 1. The van der Waals surface area contributed by atoms with Crippen LogP contribution in [0.25, 0.3) is 10.9 Å². The molecular weight excluding hydrogens is 356 g/mol. The Morgan fingerprint density at radius 3 is 2.69 bits per heavy atom. The molecule has 1 atom stereocenters. The molecule has 1 amide bonds. The van der Waals surface area contributed by atoms with Gasteiger partial charge in [-0.2, -0.15) is 0 Å². The third-order valence-electron chi connectivity index (χ3n) is 5.12. The summed E-state index contributed by atoms with van der Waals surface area (Å²) in [7, 11) is 0. The van der Waals surface area contributed by atoms with Crippen molar-refractivity contribution in [2.45, 2.75) is 39.3 Å². The molecule has 3 N–H and O–H groups in total. The molecule has 8 heteroatoms. The van der Waals surface area contributed by atoms with Gasteiger partial charge in [-0.3, -0.25) is 19.1 Å². The fraction of sp³-hybridized carbons (Fsp3) is 0.500. The molecule has 7 nitrogen and oxygen atoms in total. The number of para-hydroxylation sites is 1. The summed E-state index contributed by atoms with van der Waals surface area (Å²) in [6.45, 7) is 5.63. The number of halogens is 1. The first-order valence-corrected chi connectivity index (χ1v) is 8.55. The molecule has 3 rings (SSSR count). The molecule has 1 aliphatic heterocycles. The summed E-state index contributed by atoms with van der Waals surface area (Å²) in [4.78, 5) is 40.8. The van der Waals surface area contributed by atoms with E-state index in [-0.39, 0.29) is 42.7 Å². The van der Waals surface area contributed by atoms with E-state index in [1.54, 1.807) is 24.3 Å². The number of amides is 1. The summed E-state index contributed by atoms with van der Waals surface area (Å²) in [5, 5.41) is 0.444. The van der Waals surface area contributed by atoms with Crippen molar-refractivity contribution in [1.29, 1.82) is 0 Å². The number of H-pyrrole nitrogens is 1. The van der Waals surface area contributed by atoms with Crippen LogP contribution in [0, 0.1) is 5.41 Å². The van der Waals surface area contributed by atoms with Gasteiger partial charge in [0.1, 0.15) is 0 Å². The maximum atomic E-state index is 12.6. The van der Waals surface area contributed by atoms with Crippen LogP contribution in [0.15, 0.2) is 33.9 Å². The smallest absolute Gasteiger partial charge is 0.328 e. The van der Waals surface area contributed by atoms with Gasteiger partial charge < -0.3 is 10.6 Å². The van der Waals surface area contributed by atoms with E-state index in [1.807, 2.05) is 4.90 Å². The molecule has 0 aliphatic carbocycles. The van der Waals surface area contributed by atoms with Crippen LogP contribution >= 0.6 is 12.4 Å². The van der Waals surface area contributed by atoms with Crippen LogP contribution in [0.3, 0.4) is 0 Å². The summed E-state index contributed by atoms with van der Waals surface area (Å²) in [6, 6.07) is 6.99. The maximum absolute atomic E-state index is 12.6.